The van der Waals surface area contributed by atoms with Gasteiger partial charge in [0.25, 0.3) is 0 Å². The van der Waals surface area contributed by atoms with E-state index >= 15 is 0 Å². The normalized spacial score (nSPS) is 13.6. The second-order valence-electron chi connectivity index (χ2n) is 4.71. The van der Waals surface area contributed by atoms with E-state index in [9.17, 15) is 0 Å². The molecule has 0 bridgehead atoms. The fourth-order valence-electron chi connectivity index (χ4n) is 2.47. The van der Waals surface area contributed by atoms with Gasteiger partial charge in [-0.3, -0.25) is 0 Å². The Kier molecular flexibility index (Phi) is 3.42. The van der Waals surface area contributed by atoms with Crippen LogP contribution in [0.2, 0.25) is 0 Å². The minimum Gasteiger partial charge on any atom is -0.326 e. The molecular weight excluding hydrogens is 236 g/mol. The third-order valence-corrected chi connectivity index (χ3v) is 3.45. The molecule has 1 aromatic heterocycles. The zero-order valence-corrected chi connectivity index (χ0v) is 11.1. The lowest BCUT2D eigenvalue weighted by Gasteiger charge is -2.18. The van der Waals surface area contributed by atoms with Crippen LogP contribution in [-0.2, 0) is 12.8 Å². The largest absolute Gasteiger partial charge is 0.326 e. The number of anilines is 2. The highest BCUT2D eigenvalue weighted by Crippen LogP contribution is 2.32. The van der Waals surface area contributed by atoms with Crippen molar-refractivity contribution < 1.29 is 0 Å². The topological polar surface area (TPSA) is 41.1 Å². The highest BCUT2D eigenvalue weighted by atomic mass is 15.2. The van der Waals surface area contributed by atoms with Crippen molar-refractivity contribution in [3.05, 3.63) is 47.9 Å². The van der Waals surface area contributed by atoms with Gasteiger partial charge in [-0.25, -0.2) is 9.97 Å². The van der Waals surface area contributed by atoms with Gasteiger partial charge < -0.3 is 10.2 Å². The van der Waals surface area contributed by atoms with E-state index in [0.717, 1.165) is 37.6 Å². The minimum atomic E-state index is 0.861. The maximum Gasteiger partial charge on any atom is 0.136 e. The highest BCUT2D eigenvalue weighted by Gasteiger charge is 2.20. The van der Waals surface area contributed by atoms with Crippen LogP contribution >= 0.6 is 0 Å². The molecule has 1 N–H and O–H groups in total. The number of benzene rings is 1. The molecule has 0 saturated carbocycles. The smallest absolute Gasteiger partial charge is 0.136 e. The molecule has 0 amide bonds. The molecule has 2 heterocycles. The van der Waals surface area contributed by atoms with E-state index in [1.54, 1.807) is 0 Å². The van der Waals surface area contributed by atoms with Crippen molar-refractivity contribution in [1.29, 1.82) is 0 Å². The van der Waals surface area contributed by atoms with Crippen LogP contribution in [0, 0.1) is 0 Å². The fraction of sp³-hybridized carbons (Fsp3) is 0.333. The van der Waals surface area contributed by atoms with E-state index in [1.165, 1.54) is 11.3 Å². The van der Waals surface area contributed by atoms with Crippen molar-refractivity contribution in [1.82, 2.24) is 15.3 Å². The average Bonchev–Trinajstić information content (AvgIpc) is 2.89. The van der Waals surface area contributed by atoms with E-state index in [4.69, 9.17) is 0 Å². The van der Waals surface area contributed by atoms with Crippen molar-refractivity contribution >= 4 is 11.5 Å². The second-order valence-corrected chi connectivity index (χ2v) is 4.71. The van der Waals surface area contributed by atoms with Crippen molar-refractivity contribution in [2.75, 3.05) is 25.0 Å². The van der Waals surface area contributed by atoms with Gasteiger partial charge in [0.15, 0.2) is 0 Å². The number of rotatable bonds is 4. The maximum absolute atomic E-state index is 4.67. The first-order valence-corrected chi connectivity index (χ1v) is 6.70. The molecule has 1 aromatic carbocycles. The Morgan fingerprint density at radius 2 is 2.16 bits per heavy atom. The molecule has 19 heavy (non-hydrogen) atoms. The molecule has 3 rings (SSSR count). The SMILES string of the molecule is CNCCc1nccc(N2CCc3ccccc32)n1. The number of fused-ring (bicyclic) bond motifs is 1. The van der Waals surface area contributed by atoms with Gasteiger partial charge in [0.05, 0.1) is 0 Å². The highest BCUT2D eigenvalue weighted by molar-refractivity contribution is 5.67. The second kappa shape index (κ2) is 5.36. The van der Waals surface area contributed by atoms with Crippen LogP contribution in [-0.4, -0.2) is 30.1 Å². The summed E-state index contributed by atoms with van der Waals surface area (Å²) in [7, 11) is 1.95. The van der Waals surface area contributed by atoms with Gasteiger partial charge in [0, 0.05) is 31.4 Å². The summed E-state index contributed by atoms with van der Waals surface area (Å²) in [4.78, 5) is 11.3. The molecule has 4 heteroatoms. The van der Waals surface area contributed by atoms with E-state index < -0.39 is 0 Å². The third-order valence-electron chi connectivity index (χ3n) is 3.45. The number of para-hydroxylation sites is 1. The zero-order valence-electron chi connectivity index (χ0n) is 11.1. The van der Waals surface area contributed by atoms with Crippen LogP contribution in [0.25, 0.3) is 0 Å². The number of likely N-dealkylation sites (N-methyl/N-ethyl adjacent to an activating group) is 1. The Morgan fingerprint density at radius 1 is 1.26 bits per heavy atom. The first-order chi connectivity index (χ1) is 9.38. The third kappa shape index (κ3) is 2.44. The lowest BCUT2D eigenvalue weighted by molar-refractivity contribution is 0.753. The van der Waals surface area contributed by atoms with Gasteiger partial charge in [0.1, 0.15) is 11.6 Å². The molecule has 4 nitrogen and oxygen atoms in total. The Morgan fingerprint density at radius 3 is 3.05 bits per heavy atom. The van der Waals surface area contributed by atoms with Crippen LogP contribution < -0.4 is 10.2 Å². The molecule has 98 valence electrons. The molecular formula is C15H18N4. The van der Waals surface area contributed by atoms with Crippen molar-refractivity contribution in [3.63, 3.8) is 0 Å². The van der Waals surface area contributed by atoms with Crippen LogP contribution in [0.5, 0.6) is 0 Å². The maximum atomic E-state index is 4.67. The molecule has 0 saturated heterocycles. The zero-order chi connectivity index (χ0) is 13.1. The van der Waals surface area contributed by atoms with E-state index in [1.807, 2.05) is 19.3 Å². The fourth-order valence-corrected chi connectivity index (χ4v) is 2.47. The summed E-state index contributed by atoms with van der Waals surface area (Å²) < 4.78 is 0. The summed E-state index contributed by atoms with van der Waals surface area (Å²) in [6, 6.07) is 10.5. The van der Waals surface area contributed by atoms with Crippen molar-refractivity contribution in [3.8, 4) is 0 Å². The number of hydrogen-bond acceptors (Lipinski definition) is 4. The van der Waals surface area contributed by atoms with Gasteiger partial charge in [-0.2, -0.15) is 0 Å². The quantitative estimate of drug-likeness (QED) is 0.905. The summed E-state index contributed by atoms with van der Waals surface area (Å²) in [5.41, 5.74) is 2.68. The number of hydrogen-bond donors (Lipinski definition) is 1. The Balaban J connectivity index is 1.87. The molecule has 1 aliphatic rings. The van der Waals surface area contributed by atoms with Gasteiger partial charge in [0.2, 0.25) is 0 Å². The molecule has 0 fully saturated rings. The van der Waals surface area contributed by atoms with E-state index in [2.05, 4.69) is 44.5 Å². The Labute approximate surface area is 113 Å². The van der Waals surface area contributed by atoms with E-state index in [0.29, 0.717) is 0 Å². The minimum absolute atomic E-state index is 0.861. The predicted molar refractivity (Wildman–Crippen MR) is 76.8 cm³/mol. The lowest BCUT2D eigenvalue weighted by atomic mass is 10.2. The number of nitrogens with zero attached hydrogens (tertiary/aromatic N) is 3. The van der Waals surface area contributed by atoms with Crippen molar-refractivity contribution in [2.45, 2.75) is 12.8 Å². The molecule has 0 unspecified atom stereocenters. The summed E-state index contributed by atoms with van der Waals surface area (Å²) in [6.45, 7) is 1.90. The lowest BCUT2D eigenvalue weighted by Crippen LogP contribution is -2.17. The monoisotopic (exact) mass is 254 g/mol. The number of aromatic nitrogens is 2. The average molecular weight is 254 g/mol. The van der Waals surface area contributed by atoms with Gasteiger partial charge in [-0.05, 0) is 31.2 Å². The first kappa shape index (κ1) is 12.1. The summed E-state index contributed by atoms with van der Waals surface area (Å²) in [5.74, 6) is 1.90. The Hall–Kier alpha value is -1.94. The molecule has 0 atom stereocenters. The summed E-state index contributed by atoms with van der Waals surface area (Å²) in [6.07, 6.45) is 3.81. The first-order valence-electron chi connectivity index (χ1n) is 6.70. The molecule has 0 spiro atoms. The van der Waals surface area contributed by atoms with Crippen LogP contribution in [0.3, 0.4) is 0 Å². The summed E-state index contributed by atoms with van der Waals surface area (Å²) in [5, 5.41) is 3.13. The van der Waals surface area contributed by atoms with Crippen LogP contribution in [0.4, 0.5) is 11.5 Å². The van der Waals surface area contributed by atoms with Crippen LogP contribution in [0.15, 0.2) is 36.5 Å². The molecule has 1 aliphatic heterocycles. The van der Waals surface area contributed by atoms with Gasteiger partial charge in [-0.1, -0.05) is 18.2 Å². The van der Waals surface area contributed by atoms with Crippen molar-refractivity contribution in [2.24, 2.45) is 0 Å². The van der Waals surface area contributed by atoms with Gasteiger partial charge in [-0.15, -0.1) is 0 Å². The van der Waals surface area contributed by atoms with Gasteiger partial charge >= 0.3 is 0 Å². The molecule has 0 aliphatic carbocycles. The number of nitrogens with one attached hydrogen (secondary N) is 1. The standard InChI is InChI=1S/C15H18N4/c1-16-9-6-14-17-10-7-15(18-14)19-11-8-12-4-2-3-5-13(12)19/h2-5,7,10,16H,6,8-9,11H2,1H3. The Bertz CT molecular complexity index is 568. The molecule has 2 aromatic rings. The van der Waals surface area contributed by atoms with Crippen LogP contribution in [0.1, 0.15) is 11.4 Å². The predicted octanol–water partition coefficient (Wildman–Crippen LogP) is 1.93. The summed E-state index contributed by atoms with van der Waals surface area (Å²) >= 11 is 0. The molecule has 0 radical (unpaired) electrons. The van der Waals surface area contributed by atoms with E-state index in [-0.39, 0.29) is 0 Å².